The van der Waals surface area contributed by atoms with Crippen LogP contribution in [0.25, 0.3) is 10.9 Å². The number of nitrogens with zero attached hydrogens (tertiary/aromatic N) is 2. The number of para-hydroxylation sites is 1. The molecule has 0 aliphatic heterocycles. The Hall–Kier alpha value is -2.16. The number of aromatic nitrogens is 2. The number of hydrogen-bond acceptors (Lipinski definition) is 5. The lowest BCUT2D eigenvalue weighted by atomic mass is 10.2. The highest BCUT2D eigenvalue weighted by molar-refractivity contribution is 9.10. The van der Waals surface area contributed by atoms with E-state index in [4.69, 9.17) is 4.74 Å². The Kier molecular flexibility index (Phi) is 8.07. The van der Waals surface area contributed by atoms with Crippen molar-refractivity contribution in [3.05, 3.63) is 62.9 Å². The smallest absolute Gasteiger partial charge is 0.262 e. The van der Waals surface area contributed by atoms with Gasteiger partial charge in [0.2, 0.25) is 5.91 Å². The fourth-order valence-corrected chi connectivity index (χ4v) is 4.38. The molecule has 0 aliphatic carbocycles. The van der Waals surface area contributed by atoms with Gasteiger partial charge in [0, 0.05) is 24.2 Å². The maximum Gasteiger partial charge on any atom is 0.262 e. The summed E-state index contributed by atoms with van der Waals surface area (Å²) in [6.45, 7) is 5.63. The van der Waals surface area contributed by atoms with Crippen LogP contribution >= 0.6 is 27.7 Å². The first-order valence-corrected chi connectivity index (χ1v) is 11.5. The van der Waals surface area contributed by atoms with Gasteiger partial charge in [0.1, 0.15) is 0 Å². The molecule has 6 nitrogen and oxygen atoms in total. The van der Waals surface area contributed by atoms with E-state index in [0.717, 1.165) is 10.0 Å². The van der Waals surface area contributed by atoms with Crippen molar-refractivity contribution in [3.63, 3.8) is 0 Å². The Morgan fingerprint density at radius 1 is 1.27 bits per heavy atom. The van der Waals surface area contributed by atoms with Crippen LogP contribution in [0.3, 0.4) is 0 Å². The molecule has 0 unspecified atom stereocenters. The quantitative estimate of drug-likeness (QED) is 0.269. The highest BCUT2D eigenvalue weighted by Gasteiger charge is 2.14. The van der Waals surface area contributed by atoms with Crippen molar-refractivity contribution in [1.82, 2.24) is 9.55 Å². The minimum atomic E-state index is -0.159. The number of benzene rings is 2. The van der Waals surface area contributed by atoms with E-state index in [1.54, 1.807) is 10.6 Å². The number of aryl methyl sites for hydroxylation is 1. The zero-order valence-corrected chi connectivity index (χ0v) is 19.4. The van der Waals surface area contributed by atoms with E-state index in [1.165, 1.54) is 11.8 Å². The number of hydrogen-bond donors (Lipinski definition) is 1. The van der Waals surface area contributed by atoms with Crippen LogP contribution in [0.1, 0.15) is 18.9 Å². The highest BCUT2D eigenvalue weighted by atomic mass is 79.9. The third kappa shape index (κ3) is 5.71. The van der Waals surface area contributed by atoms with E-state index in [0.29, 0.717) is 47.9 Å². The summed E-state index contributed by atoms with van der Waals surface area (Å²) >= 11 is 4.73. The molecule has 0 saturated carbocycles. The molecule has 1 amide bonds. The molecule has 158 valence electrons. The third-order valence-electron chi connectivity index (χ3n) is 4.43. The summed E-state index contributed by atoms with van der Waals surface area (Å²) in [5.41, 5.74) is 2.35. The predicted octanol–water partition coefficient (Wildman–Crippen LogP) is 4.62. The first-order valence-electron chi connectivity index (χ1n) is 9.75. The Labute approximate surface area is 188 Å². The average Bonchev–Trinajstić information content (AvgIpc) is 2.73. The van der Waals surface area contributed by atoms with Crippen LogP contribution in [0.5, 0.6) is 0 Å². The number of halogens is 1. The highest BCUT2D eigenvalue weighted by Crippen LogP contribution is 2.24. The number of carbonyl (C=O) groups excluding carboxylic acids is 1. The molecule has 0 saturated heterocycles. The summed E-state index contributed by atoms with van der Waals surface area (Å²) in [7, 11) is 0. The Morgan fingerprint density at radius 2 is 2.07 bits per heavy atom. The second-order valence-electron chi connectivity index (χ2n) is 6.74. The second-order valence-corrected chi connectivity index (χ2v) is 8.54. The molecule has 0 radical (unpaired) electrons. The molecule has 3 aromatic rings. The lowest BCUT2D eigenvalue weighted by molar-refractivity contribution is -0.113. The molecule has 0 atom stereocenters. The number of amides is 1. The van der Waals surface area contributed by atoms with Gasteiger partial charge in [-0.2, -0.15) is 0 Å². The zero-order chi connectivity index (χ0) is 21.5. The van der Waals surface area contributed by atoms with Crippen molar-refractivity contribution in [1.29, 1.82) is 0 Å². The Bertz CT molecular complexity index is 1100. The van der Waals surface area contributed by atoms with Crippen molar-refractivity contribution in [2.45, 2.75) is 32.0 Å². The molecular weight excluding hydrogens is 466 g/mol. The number of thioether (sulfide) groups is 1. The van der Waals surface area contributed by atoms with Gasteiger partial charge in [0.05, 0.1) is 22.3 Å². The average molecular weight is 490 g/mol. The zero-order valence-electron chi connectivity index (χ0n) is 17.0. The van der Waals surface area contributed by atoms with Gasteiger partial charge in [-0.1, -0.05) is 30.0 Å². The van der Waals surface area contributed by atoms with Gasteiger partial charge >= 0.3 is 0 Å². The van der Waals surface area contributed by atoms with Gasteiger partial charge in [-0.3, -0.25) is 14.2 Å². The van der Waals surface area contributed by atoms with E-state index >= 15 is 0 Å². The molecule has 3 rings (SSSR count). The maximum absolute atomic E-state index is 13.0. The summed E-state index contributed by atoms with van der Waals surface area (Å²) in [6.07, 6.45) is 0.698. The second kappa shape index (κ2) is 10.7. The Morgan fingerprint density at radius 3 is 2.83 bits per heavy atom. The maximum atomic E-state index is 13.0. The minimum Gasteiger partial charge on any atom is -0.382 e. The van der Waals surface area contributed by atoms with E-state index < -0.39 is 0 Å². The summed E-state index contributed by atoms with van der Waals surface area (Å²) in [6, 6.07) is 13.0. The van der Waals surface area contributed by atoms with Gasteiger partial charge in [-0.05, 0) is 66.0 Å². The van der Waals surface area contributed by atoms with E-state index in [9.17, 15) is 9.59 Å². The van der Waals surface area contributed by atoms with Crippen LogP contribution in [0.2, 0.25) is 0 Å². The molecule has 0 fully saturated rings. The van der Waals surface area contributed by atoms with Crippen molar-refractivity contribution >= 4 is 50.2 Å². The molecule has 1 N–H and O–H groups in total. The van der Waals surface area contributed by atoms with Crippen LogP contribution in [0, 0.1) is 6.92 Å². The molecule has 8 heteroatoms. The van der Waals surface area contributed by atoms with Crippen LogP contribution in [0.15, 0.2) is 56.9 Å². The predicted molar refractivity (Wildman–Crippen MR) is 125 cm³/mol. The lowest BCUT2D eigenvalue weighted by Crippen LogP contribution is -2.25. The third-order valence-corrected chi connectivity index (χ3v) is 6.06. The first kappa shape index (κ1) is 22.5. The molecular formula is C22H24BrN3O3S. The van der Waals surface area contributed by atoms with E-state index in [-0.39, 0.29) is 17.2 Å². The topological polar surface area (TPSA) is 73.2 Å². The molecule has 0 aliphatic rings. The van der Waals surface area contributed by atoms with Gasteiger partial charge in [0.25, 0.3) is 5.56 Å². The molecule has 2 aromatic carbocycles. The summed E-state index contributed by atoms with van der Waals surface area (Å²) < 4.78 is 7.87. The number of ether oxygens (including phenoxy) is 1. The van der Waals surface area contributed by atoms with Crippen molar-refractivity contribution < 1.29 is 9.53 Å². The van der Waals surface area contributed by atoms with Gasteiger partial charge < -0.3 is 10.1 Å². The first-order chi connectivity index (χ1) is 14.5. The summed E-state index contributed by atoms with van der Waals surface area (Å²) in [5.74, 6) is -0.0101. The fourth-order valence-electron chi connectivity index (χ4n) is 2.96. The minimum absolute atomic E-state index is 0.0960. The monoisotopic (exact) mass is 489 g/mol. The van der Waals surface area contributed by atoms with Gasteiger partial charge in [-0.25, -0.2) is 4.98 Å². The standard InChI is InChI=1S/C22H24BrN3O3S/c1-3-29-12-6-11-26-21(28)16-7-4-5-8-18(16)25-22(26)30-14-20(27)24-19-10-9-15(2)13-17(19)23/h4-5,7-10,13H,3,6,11-12,14H2,1-2H3,(H,24,27). The number of carbonyl (C=O) groups is 1. The van der Waals surface area contributed by atoms with Crippen molar-refractivity contribution in [3.8, 4) is 0 Å². The van der Waals surface area contributed by atoms with Gasteiger partial charge in [-0.15, -0.1) is 0 Å². The van der Waals surface area contributed by atoms with E-state index in [2.05, 4.69) is 26.2 Å². The number of rotatable bonds is 9. The van der Waals surface area contributed by atoms with Crippen molar-refractivity contribution in [2.24, 2.45) is 0 Å². The van der Waals surface area contributed by atoms with Crippen LogP contribution in [-0.4, -0.2) is 34.4 Å². The SMILES string of the molecule is CCOCCCn1c(SCC(=O)Nc2ccc(C)cc2Br)nc2ccccc2c1=O. The fraction of sp³-hybridized carbons (Fsp3) is 0.318. The molecule has 1 aromatic heterocycles. The molecule has 1 heterocycles. The summed E-state index contributed by atoms with van der Waals surface area (Å²) in [5, 5.41) is 4.01. The van der Waals surface area contributed by atoms with Crippen LogP contribution in [0.4, 0.5) is 5.69 Å². The number of nitrogens with one attached hydrogen (secondary N) is 1. The largest absolute Gasteiger partial charge is 0.382 e. The van der Waals surface area contributed by atoms with E-state index in [1.807, 2.05) is 50.2 Å². The number of anilines is 1. The lowest BCUT2D eigenvalue weighted by Gasteiger charge is -2.13. The van der Waals surface area contributed by atoms with Crippen LogP contribution in [-0.2, 0) is 16.1 Å². The van der Waals surface area contributed by atoms with Gasteiger partial charge in [0.15, 0.2) is 5.16 Å². The number of fused-ring (bicyclic) bond motifs is 1. The molecule has 0 spiro atoms. The van der Waals surface area contributed by atoms with Crippen LogP contribution < -0.4 is 10.9 Å². The van der Waals surface area contributed by atoms with Crippen molar-refractivity contribution in [2.75, 3.05) is 24.3 Å². The normalized spacial score (nSPS) is 11.0. The Balaban J connectivity index is 1.77. The molecule has 0 bridgehead atoms. The molecule has 30 heavy (non-hydrogen) atoms. The summed E-state index contributed by atoms with van der Waals surface area (Å²) in [4.78, 5) is 30.1.